The van der Waals surface area contributed by atoms with E-state index in [1.807, 2.05) is 6.07 Å². The van der Waals surface area contributed by atoms with Crippen molar-refractivity contribution >= 4 is 5.95 Å². The largest absolute Gasteiger partial charge is 0.349 e. The summed E-state index contributed by atoms with van der Waals surface area (Å²) in [6, 6.07) is 5.29. The van der Waals surface area contributed by atoms with Crippen LogP contribution in [0.1, 0.15) is 11.4 Å². The molecule has 2 aromatic rings. The number of aromatic nitrogens is 4. The van der Waals surface area contributed by atoms with Gasteiger partial charge in [-0.25, -0.2) is 19.9 Å². The zero-order valence-electron chi connectivity index (χ0n) is 8.33. The Balaban J connectivity index is 2.03. The van der Waals surface area contributed by atoms with Gasteiger partial charge in [0.2, 0.25) is 5.95 Å². The average Bonchev–Trinajstić information content (AvgIpc) is 2.38. The van der Waals surface area contributed by atoms with Crippen LogP contribution < -0.4 is 5.32 Å². The molecule has 0 radical (unpaired) electrons. The molecule has 16 heavy (non-hydrogen) atoms. The van der Waals surface area contributed by atoms with Crippen molar-refractivity contribution < 1.29 is 0 Å². The fourth-order valence-corrected chi connectivity index (χ4v) is 1.10. The Morgan fingerprint density at radius 2 is 2.19 bits per heavy atom. The molecular weight excluding hydrogens is 204 g/mol. The van der Waals surface area contributed by atoms with Crippen LogP contribution in [0.15, 0.2) is 30.9 Å². The number of hydrogen-bond donors (Lipinski definition) is 1. The van der Waals surface area contributed by atoms with Gasteiger partial charge in [-0.15, -0.1) is 0 Å². The number of nitrogens with zero attached hydrogens (tertiary/aromatic N) is 5. The van der Waals surface area contributed by atoms with Crippen LogP contribution in [0.4, 0.5) is 5.95 Å². The van der Waals surface area contributed by atoms with Crippen molar-refractivity contribution in [1.29, 1.82) is 5.26 Å². The SMILES string of the molecule is N#Cc1ccnc(NCc2ccncn2)n1. The molecule has 1 N–H and O–H groups in total. The van der Waals surface area contributed by atoms with Crippen molar-refractivity contribution in [3.05, 3.63) is 42.2 Å². The summed E-state index contributed by atoms with van der Waals surface area (Å²) in [6.45, 7) is 0.497. The second-order valence-electron chi connectivity index (χ2n) is 2.93. The highest BCUT2D eigenvalue weighted by Gasteiger charge is 1.98. The molecular formula is C10H8N6. The molecule has 0 bridgehead atoms. The topological polar surface area (TPSA) is 87.4 Å². The Kier molecular flexibility index (Phi) is 2.99. The minimum atomic E-state index is 0.334. The first-order valence-electron chi connectivity index (χ1n) is 4.60. The summed E-state index contributed by atoms with van der Waals surface area (Å²) in [7, 11) is 0. The van der Waals surface area contributed by atoms with Gasteiger partial charge >= 0.3 is 0 Å². The first kappa shape index (κ1) is 9.98. The minimum Gasteiger partial charge on any atom is -0.349 e. The average molecular weight is 212 g/mol. The van der Waals surface area contributed by atoms with Crippen LogP contribution >= 0.6 is 0 Å². The van der Waals surface area contributed by atoms with E-state index in [9.17, 15) is 0 Å². The summed E-state index contributed by atoms with van der Waals surface area (Å²) in [6.07, 6.45) is 4.67. The van der Waals surface area contributed by atoms with Crippen molar-refractivity contribution in [1.82, 2.24) is 19.9 Å². The third-order valence-electron chi connectivity index (χ3n) is 1.84. The maximum atomic E-state index is 8.66. The second kappa shape index (κ2) is 4.79. The smallest absolute Gasteiger partial charge is 0.224 e. The molecule has 0 fully saturated rings. The van der Waals surface area contributed by atoms with Crippen LogP contribution in [0.25, 0.3) is 0 Å². The number of hydrogen-bond acceptors (Lipinski definition) is 6. The van der Waals surface area contributed by atoms with Crippen molar-refractivity contribution in [3.63, 3.8) is 0 Å². The van der Waals surface area contributed by atoms with Gasteiger partial charge in [-0.2, -0.15) is 5.26 Å². The lowest BCUT2D eigenvalue weighted by molar-refractivity contribution is 0.975. The minimum absolute atomic E-state index is 0.334. The van der Waals surface area contributed by atoms with Gasteiger partial charge in [0.05, 0.1) is 12.2 Å². The summed E-state index contributed by atoms with van der Waals surface area (Å²) >= 11 is 0. The van der Waals surface area contributed by atoms with Crippen molar-refractivity contribution in [3.8, 4) is 6.07 Å². The summed E-state index contributed by atoms with van der Waals surface area (Å²) in [5.74, 6) is 0.415. The first-order chi connectivity index (χ1) is 7.88. The van der Waals surface area contributed by atoms with Gasteiger partial charge < -0.3 is 5.32 Å². The van der Waals surface area contributed by atoms with Gasteiger partial charge in [0.1, 0.15) is 18.1 Å². The summed E-state index contributed by atoms with van der Waals surface area (Å²) in [5.41, 5.74) is 1.17. The van der Waals surface area contributed by atoms with Crippen LogP contribution in [0.5, 0.6) is 0 Å². The Bertz CT molecular complexity index is 504. The molecule has 0 saturated carbocycles. The van der Waals surface area contributed by atoms with E-state index in [1.165, 1.54) is 12.5 Å². The first-order valence-corrected chi connectivity index (χ1v) is 4.60. The van der Waals surface area contributed by atoms with Crippen LogP contribution in [-0.2, 0) is 6.54 Å². The van der Waals surface area contributed by atoms with Gasteiger partial charge in [-0.1, -0.05) is 0 Å². The molecule has 0 aliphatic carbocycles. The molecule has 0 saturated heterocycles. The lowest BCUT2D eigenvalue weighted by Gasteiger charge is -2.02. The highest BCUT2D eigenvalue weighted by Crippen LogP contribution is 2.01. The molecule has 0 aliphatic heterocycles. The second-order valence-corrected chi connectivity index (χ2v) is 2.93. The van der Waals surface area contributed by atoms with Crippen LogP contribution in [0.2, 0.25) is 0 Å². The molecule has 0 spiro atoms. The third kappa shape index (κ3) is 2.48. The molecule has 2 heterocycles. The fraction of sp³-hybridized carbons (Fsp3) is 0.100. The lowest BCUT2D eigenvalue weighted by atomic mass is 10.4. The molecule has 0 amide bonds. The number of nitrogens with one attached hydrogen (secondary N) is 1. The molecule has 2 aromatic heterocycles. The number of nitriles is 1. The van der Waals surface area contributed by atoms with Crippen molar-refractivity contribution in [2.24, 2.45) is 0 Å². The predicted octanol–water partition coefficient (Wildman–Crippen LogP) is 0.750. The summed E-state index contributed by atoms with van der Waals surface area (Å²) in [5, 5.41) is 11.6. The maximum absolute atomic E-state index is 8.66. The molecule has 6 heteroatoms. The van der Waals surface area contributed by atoms with Crippen LogP contribution in [0, 0.1) is 11.3 Å². The van der Waals surface area contributed by atoms with Gasteiger partial charge in [0.25, 0.3) is 0 Å². The van der Waals surface area contributed by atoms with Gasteiger partial charge in [0, 0.05) is 12.4 Å². The van der Waals surface area contributed by atoms with Gasteiger partial charge in [-0.3, -0.25) is 0 Å². The van der Waals surface area contributed by atoms with Crippen molar-refractivity contribution in [2.45, 2.75) is 6.54 Å². The van der Waals surface area contributed by atoms with E-state index in [1.54, 1.807) is 18.3 Å². The van der Waals surface area contributed by atoms with E-state index in [2.05, 4.69) is 25.3 Å². The Morgan fingerprint density at radius 1 is 1.25 bits per heavy atom. The molecule has 6 nitrogen and oxygen atoms in total. The highest BCUT2D eigenvalue weighted by molar-refractivity contribution is 5.30. The predicted molar refractivity (Wildman–Crippen MR) is 56.1 cm³/mol. The molecule has 0 aliphatic rings. The lowest BCUT2D eigenvalue weighted by Crippen LogP contribution is -2.05. The normalized spacial score (nSPS) is 9.44. The number of rotatable bonds is 3. The Hall–Kier alpha value is -2.55. The zero-order chi connectivity index (χ0) is 11.2. The van der Waals surface area contributed by atoms with Crippen LogP contribution in [0.3, 0.4) is 0 Å². The summed E-state index contributed by atoms with van der Waals surface area (Å²) < 4.78 is 0. The zero-order valence-corrected chi connectivity index (χ0v) is 8.33. The quantitative estimate of drug-likeness (QED) is 0.807. The third-order valence-corrected chi connectivity index (χ3v) is 1.84. The van der Waals surface area contributed by atoms with E-state index in [0.717, 1.165) is 5.69 Å². The molecule has 0 atom stereocenters. The van der Waals surface area contributed by atoms with Gasteiger partial charge in [0.15, 0.2) is 0 Å². The van der Waals surface area contributed by atoms with E-state index in [-0.39, 0.29) is 0 Å². The van der Waals surface area contributed by atoms with Crippen LogP contribution in [-0.4, -0.2) is 19.9 Å². The highest BCUT2D eigenvalue weighted by atomic mass is 15.1. The molecule has 0 unspecified atom stereocenters. The van der Waals surface area contributed by atoms with Crippen molar-refractivity contribution in [2.75, 3.05) is 5.32 Å². The van der Waals surface area contributed by atoms with E-state index >= 15 is 0 Å². The maximum Gasteiger partial charge on any atom is 0.224 e. The molecule has 0 aromatic carbocycles. The van der Waals surface area contributed by atoms with E-state index in [0.29, 0.717) is 18.2 Å². The van der Waals surface area contributed by atoms with E-state index < -0.39 is 0 Å². The Labute approximate surface area is 92.0 Å². The number of anilines is 1. The Morgan fingerprint density at radius 3 is 2.94 bits per heavy atom. The monoisotopic (exact) mass is 212 g/mol. The molecule has 78 valence electrons. The standard InChI is InChI=1S/C10H8N6/c11-5-8-2-4-13-10(16-8)14-6-9-1-3-12-7-15-9/h1-4,7H,6H2,(H,13,14,16). The van der Waals surface area contributed by atoms with E-state index in [4.69, 9.17) is 5.26 Å². The van der Waals surface area contributed by atoms with Gasteiger partial charge in [-0.05, 0) is 12.1 Å². The summed E-state index contributed by atoms with van der Waals surface area (Å²) in [4.78, 5) is 15.8. The molecule has 2 rings (SSSR count). The fourth-order valence-electron chi connectivity index (χ4n) is 1.10.